The van der Waals surface area contributed by atoms with Crippen LogP contribution in [0.1, 0.15) is 34.1 Å². The summed E-state index contributed by atoms with van der Waals surface area (Å²) in [4.78, 5) is 0. The van der Waals surface area contributed by atoms with Crippen LogP contribution in [0.5, 0.6) is 0 Å². The summed E-state index contributed by atoms with van der Waals surface area (Å²) in [5.41, 5.74) is -0.457. The van der Waals surface area contributed by atoms with Crippen molar-refractivity contribution < 1.29 is 4.74 Å². The largest absolute Gasteiger partial charge is 0.471 e. The molecule has 84 valence electrons. The van der Waals surface area contributed by atoms with Gasteiger partial charge in [0, 0.05) is 0 Å². The van der Waals surface area contributed by atoms with Gasteiger partial charge < -0.3 is 4.74 Å². The lowest BCUT2D eigenvalue weighted by molar-refractivity contribution is 0.0212. The fraction of sp³-hybridized carbons (Fsp3) is 0.889. The lowest BCUT2D eigenvalue weighted by Gasteiger charge is -2.34. The van der Waals surface area contributed by atoms with E-state index in [-0.39, 0.29) is 11.8 Å². The van der Waals surface area contributed by atoms with Crippen LogP contribution in [0, 0.1) is 11.3 Å². The SMILES string of the molecule is CCC(C)(OC(=N)C(Cl)(Cl)Cl)C(C)C. The molecule has 1 unspecified atom stereocenters. The van der Waals surface area contributed by atoms with E-state index in [2.05, 4.69) is 0 Å². The predicted molar refractivity (Wildman–Crippen MR) is 62.6 cm³/mol. The fourth-order valence-electron chi connectivity index (χ4n) is 0.889. The van der Waals surface area contributed by atoms with Gasteiger partial charge in [-0.05, 0) is 19.3 Å². The number of hydrogen-bond acceptors (Lipinski definition) is 2. The Labute approximate surface area is 100 Å². The van der Waals surface area contributed by atoms with Crippen molar-refractivity contribution >= 4 is 40.7 Å². The number of nitrogens with one attached hydrogen (secondary N) is 1. The van der Waals surface area contributed by atoms with Crippen molar-refractivity contribution in [3.63, 3.8) is 0 Å². The molecular formula is C9H16Cl3NO. The molecule has 14 heavy (non-hydrogen) atoms. The summed E-state index contributed by atoms with van der Waals surface area (Å²) < 4.78 is 3.63. The second-order valence-electron chi connectivity index (χ2n) is 3.75. The standard InChI is InChI=1S/C9H16Cl3NO/c1-5-8(4,6(2)3)14-7(13)9(10,11)12/h6,13H,5H2,1-4H3. The van der Waals surface area contributed by atoms with Crippen LogP contribution in [-0.4, -0.2) is 15.3 Å². The van der Waals surface area contributed by atoms with E-state index in [9.17, 15) is 0 Å². The van der Waals surface area contributed by atoms with E-state index in [0.717, 1.165) is 6.42 Å². The molecule has 0 radical (unpaired) electrons. The average Bonchev–Trinajstić information content (AvgIpc) is 2.02. The van der Waals surface area contributed by atoms with Crippen LogP contribution in [-0.2, 0) is 4.74 Å². The van der Waals surface area contributed by atoms with Gasteiger partial charge in [-0.2, -0.15) is 0 Å². The topological polar surface area (TPSA) is 33.1 Å². The molecule has 1 N–H and O–H groups in total. The molecule has 0 amide bonds. The third-order valence-corrected chi connectivity index (χ3v) is 3.03. The summed E-state index contributed by atoms with van der Waals surface area (Å²) in [5.74, 6) is -0.0687. The van der Waals surface area contributed by atoms with E-state index in [0.29, 0.717) is 0 Å². The summed E-state index contributed by atoms with van der Waals surface area (Å²) in [6, 6.07) is 0. The van der Waals surface area contributed by atoms with Crippen LogP contribution in [0.3, 0.4) is 0 Å². The summed E-state index contributed by atoms with van der Waals surface area (Å²) in [7, 11) is 0. The molecule has 0 bridgehead atoms. The molecule has 0 aromatic heterocycles. The van der Waals surface area contributed by atoms with Crippen molar-refractivity contribution in [3.8, 4) is 0 Å². The third kappa shape index (κ3) is 3.84. The Balaban J connectivity index is 4.56. The van der Waals surface area contributed by atoms with Crippen molar-refractivity contribution in [3.05, 3.63) is 0 Å². The molecule has 0 aliphatic rings. The highest BCUT2D eigenvalue weighted by Crippen LogP contribution is 2.33. The van der Waals surface area contributed by atoms with E-state index in [4.69, 9.17) is 44.9 Å². The van der Waals surface area contributed by atoms with Crippen LogP contribution in [0.4, 0.5) is 0 Å². The zero-order valence-corrected chi connectivity index (χ0v) is 11.1. The summed E-state index contributed by atoms with van der Waals surface area (Å²) in [6.07, 6.45) is 0.758. The van der Waals surface area contributed by atoms with Crippen LogP contribution in [0.2, 0.25) is 0 Å². The molecule has 2 nitrogen and oxygen atoms in total. The van der Waals surface area contributed by atoms with Crippen molar-refractivity contribution in [1.82, 2.24) is 0 Å². The normalized spacial score (nSPS) is 16.6. The van der Waals surface area contributed by atoms with Crippen LogP contribution < -0.4 is 0 Å². The minimum Gasteiger partial charge on any atom is -0.471 e. The zero-order chi connectivity index (χ0) is 11.6. The first-order chi connectivity index (χ1) is 6.13. The molecule has 5 heteroatoms. The number of alkyl halides is 3. The quantitative estimate of drug-likeness (QED) is 0.461. The van der Waals surface area contributed by atoms with Crippen molar-refractivity contribution in [2.75, 3.05) is 0 Å². The summed E-state index contributed by atoms with van der Waals surface area (Å²) in [6.45, 7) is 7.90. The smallest absolute Gasteiger partial charge is 0.265 e. The Morgan fingerprint density at radius 1 is 1.36 bits per heavy atom. The molecule has 0 aliphatic carbocycles. The van der Waals surface area contributed by atoms with Crippen molar-refractivity contribution in [2.45, 2.75) is 43.5 Å². The van der Waals surface area contributed by atoms with Crippen LogP contribution in [0.15, 0.2) is 0 Å². The third-order valence-electron chi connectivity index (χ3n) is 2.52. The lowest BCUT2D eigenvalue weighted by atomic mass is 9.90. The van der Waals surface area contributed by atoms with Gasteiger partial charge in [-0.25, -0.2) is 0 Å². The van der Waals surface area contributed by atoms with Crippen molar-refractivity contribution in [1.29, 1.82) is 5.41 Å². The molecule has 0 aromatic rings. The Hall–Kier alpha value is 0.340. The Morgan fingerprint density at radius 3 is 2.00 bits per heavy atom. The first-order valence-electron chi connectivity index (χ1n) is 4.48. The number of ether oxygens (including phenoxy) is 1. The first-order valence-corrected chi connectivity index (χ1v) is 5.61. The zero-order valence-electron chi connectivity index (χ0n) is 8.83. The van der Waals surface area contributed by atoms with Gasteiger partial charge in [0.15, 0.2) is 0 Å². The Kier molecular flexibility index (Phi) is 5.03. The van der Waals surface area contributed by atoms with Gasteiger partial charge in [0.1, 0.15) is 5.60 Å². The first kappa shape index (κ1) is 14.3. The lowest BCUT2D eigenvalue weighted by Crippen LogP contribution is -2.39. The molecule has 0 aromatic carbocycles. The van der Waals surface area contributed by atoms with E-state index in [1.165, 1.54) is 0 Å². The average molecular weight is 261 g/mol. The molecule has 0 rings (SSSR count). The minimum atomic E-state index is -1.77. The van der Waals surface area contributed by atoms with Gasteiger partial charge in [-0.15, -0.1) is 0 Å². The fourth-order valence-corrected chi connectivity index (χ4v) is 1.01. The van der Waals surface area contributed by atoms with E-state index >= 15 is 0 Å². The van der Waals surface area contributed by atoms with Gasteiger partial charge in [0.25, 0.3) is 3.79 Å². The van der Waals surface area contributed by atoms with Gasteiger partial charge in [0.2, 0.25) is 5.90 Å². The second-order valence-corrected chi connectivity index (χ2v) is 6.03. The molecule has 0 saturated carbocycles. The van der Waals surface area contributed by atoms with Gasteiger partial charge in [0.05, 0.1) is 0 Å². The Bertz CT molecular complexity index is 213. The van der Waals surface area contributed by atoms with E-state index in [1.54, 1.807) is 0 Å². The maximum Gasteiger partial charge on any atom is 0.265 e. The minimum absolute atomic E-state index is 0.250. The molecule has 0 spiro atoms. The number of rotatable bonds is 3. The summed E-state index contributed by atoms with van der Waals surface area (Å²) >= 11 is 16.6. The molecular weight excluding hydrogens is 244 g/mol. The van der Waals surface area contributed by atoms with Crippen molar-refractivity contribution in [2.24, 2.45) is 5.92 Å². The predicted octanol–water partition coefficient (Wildman–Crippen LogP) is 4.18. The van der Waals surface area contributed by atoms with Crippen LogP contribution in [0.25, 0.3) is 0 Å². The second kappa shape index (κ2) is 4.91. The van der Waals surface area contributed by atoms with Gasteiger partial charge >= 0.3 is 0 Å². The highest BCUT2D eigenvalue weighted by atomic mass is 35.6. The Morgan fingerprint density at radius 2 is 1.79 bits per heavy atom. The van der Waals surface area contributed by atoms with E-state index in [1.807, 2.05) is 27.7 Å². The highest BCUT2D eigenvalue weighted by molar-refractivity contribution is 6.76. The maximum atomic E-state index is 7.47. The van der Waals surface area contributed by atoms with Gasteiger partial charge in [-0.3, -0.25) is 5.41 Å². The number of hydrogen-bond donors (Lipinski definition) is 1. The molecule has 1 atom stereocenters. The van der Waals surface area contributed by atoms with Crippen LogP contribution >= 0.6 is 34.8 Å². The molecule has 0 saturated heterocycles. The molecule has 0 fully saturated rings. The molecule has 0 heterocycles. The maximum absolute atomic E-state index is 7.47. The van der Waals surface area contributed by atoms with E-state index < -0.39 is 9.39 Å². The highest BCUT2D eigenvalue weighted by Gasteiger charge is 2.36. The van der Waals surface area contributed by atoms with Gasteiger partial charge in [-0.1, -0.05) is 55.6 Å². The summed E-state index contributed by atoms with van der Waals surface area (Å²) in [5, 5.41) is 7.47. The molecule has 0 aliphatic heterocycles. The number of halogens is 3. The monoisotopic (exact) mass is 259 g/mol.